The monoisotopic (exact) mass is 313 g/mol. The smallest absolute Gasteiger partial charge is 0.269 e. The van der Waals surface area contributed by atoms with Gasteiger partial charge in [-0.3, -0.25) is 14.2 Å². The van der Waals surface area contributed by atoms with Gasteiger partial charge >= 0.3 is 0 Å². The molecule has 7 nitrogen and oxygen atoms in total. The van der Waals surface area contributed by atoms with Gasteiger partial charge in [0.05, 0.1) is 23.9 Å². The van der Waals surface area contributed by atoms with Crippen molar-refractivity contribution in [3.8, 4) is 11.1 Å². The number of hydrogen-bond acceptors (Lipinski definition) is 4. The first-order chi connectivity index (χ1) is 10.7. The van der Waals surface area contributed by atoms with E-state index >= 15 is 0 Å². The third-order valence-electron chi connectivity index (χ3n) is 3.56. The second kappa shape index (κ2) is 5.20. The fourth-order valence-corrected chi connectivity index (χ4v) is 2.60. The van der Waals surface area contributed by atoms with Crippen LogP contribution >= 0.6 is 0 Å². The lowest BCUT2D eigenvalue weighted by Crippen LogP contribution is -2.27. The Balaban J connectivity index is 2.17. The number of primary amides is 1. The van der Waals surface area contributed by atoms with Crippen molar-refractivity contribution in [3.05, 3.63) is 36.3 Å². The van der Waals surface area contributed by atoms with Gasteiger partial charge in [-0.25, -0.2) is 0 Å². The molecule has 0 bridgehead atoms. The van der Waals surface area contributed by atoms with E-state index < -0.39 is 11.5 Å². The number of aromatic nitrogens is 4. The van der Waals surface area contributed by atoms with Gasteiger partial charge in [-0.05, 0) is 31.5 Å². The highest BCUT2D eigenvalue weighted by atomic mass is 16.3. The van der Waals surface area contributed by atoms with Crippen molar-refractivity contribution in [2.45, 2.75) is 26.0 Å². The lowest BCUT2D eigenvalue weighted by molar-refractivity contribution is 0.0588. The molecule has 0 radical (unpaired) electrons. The molecule has 0 aliphatic carbocycles. The number of aryl methyl sites for hydroxylation is 1. The molecule has 1 amide bonds. The van der Waals surface area contributed by atoms with Crippen LogP contribution in [0, 0.1) is 0 Å². The number of hydrogen-bond donors (Lipinski definition) is 2. The van der Waals surface area contributed by atoms with Gasteiger partial charge in [-0.15, -0.1) is 0 Å². The second-order valence-electron chi connectivity index (χ2n) is 6.32. The van der Waals surface area contributed by atoms with Crippen LogP contribution in [0.25, 0.3) is 22.0 Å². The largest absolute Gasteiger partial charge is 0.389 e. The second-order valence-corrected chi connectivity index (χ2v) is 6.32. The number of carbonyl (C=O) groups excluding carboxylic acids is 1. The molecule has 3 rings (SSSR count). The van der Waals surface area contributed by atoms with Crippen LogP contribution in [-0.2, 0) is 13.6 Å². The highest BCUT2D eigenvalue weighted by Gasteiger charge is 2.20. The van der Waals surface area contributed by atoms with Crippen molar-refractivity contribution in [1.29, 1.82) is 0 Å². The van der Waals surface area contributed by atoms with Gasteiger partial charge in [-0.2, -0.15) is 10.2 Å². The molecule has 2 aromatic heterocycles. The average Bonchev–Trinajstić information content (AvgIpc) is 3.01. The third kappa shape index (κ3) is 2.95. The lowest BCUT2D eigenvalue weighted by atomic mass is 10.1. The molecule has 2 heterocycles. The number of fused-ring (bicyclic) bond motifs is 1. The summed E-state index contributed by atoms with van der Waals surface area (Å²) in [7, 11) is 1.85. The molecule has 120 valence electrons. The van der Waals surface area contributed by atoms with Crippen LogP contribution in [0.15, 0.2) is 30.6 Å². The summed E-state index contributed by atoms with van der Waals surface area (Å²) < 4.78 is 3.33. The van der Waals surface area contributed by atoms with E-state index in [-0.39, 0.29) is 12.2 Å². The van der Waals surface area contributed by atoms with Crippen LogP contribution in [0.5, 0.6) is 0 Å². The molecule has 3 aromatic rings. The fraction of sp³-hybridized carbons (Fsp3) is 0.312. The standard InChI is InChI=1S/C16H19N5O2/c1-16(2,23)9-21-13-5-4-10(11-7-18-20(3)8-11)6-12(13)14(19-21)15(17)22/h4-8,23H,9H2,1-3H3,(H2,17,22). The van der Waals surface area contributed by atoms with Crippen molar-refractivity contribution >= 4 is 16.8 Å². The Bertz CT molecular complexity index is 886. The van der Waals surface area contributed by atoms with E-state index in [1.54, 1.807) is 29.4 Å². The summed E-state index contributed by atoms with van der Waals surface area (Å²) in [5.74, 6) is -0.590. The molecule has 0 saturated heterocycles. The summed E-state index contributed by atoms with van der Waals surface area (Å²) >= 11 is 0. The first-order valence-corrected chi connectivity index (χ1v) is 7.26. The number of amides is 1. The predicted octanol–water partition coefficient (Wildman–Crippen LogP) is 1.31. The zero-order valence-electron chi connectivity index (χ0n) is 13.3. The average molecular weight is 313 g/mol. The highest BCUT2D eigenvalue weighted by Crippen LogP contribution is 2.27. The van der Waals surface area contributed by atoms with Crippen LogP contribution < -0.4 is 5.73 Å². The maximum atomic E-state index is 11.7. The number of nitrogens with zero attached hydrogens (tertiary/aromatic N) is 4. The summed E-state index contributed by atoms with van der Waals surface area (Å²) in [4.78, 5) is 11.7. The molecule has 1 aromatic carbocycles. The van der Waals surface area contributed by atoms with Crippen LogP contribution in [0.3, 0.4) is 0 Å². The molecule has 3 N–H and O–H groups in total. The van der Waals surface area contributed by atoms with E-state index in [1.165, 1.54) is 0 Å². The van der Waals surface area contributed by atoms with Crippen LogP contribution in [0.4, 0.5) is 0 Å². The van der Waals surface area contributed by atoms with Gasteiger partial charge in [0, 0.05) is 24.2 Å². The van der Waals surface area contributed by atoms with Crippen molar-refractivity contribution in [3.63, 3.8) is 0 Å². The number of nitrogens with two attached hydrogens (primary N) is 1. The minimum atomic E-state index is -0.949. The zero-order valence-corrected chi connectivity index (χ0v) is 13.3. The molecular weight excluding hydrogens is 294 g/mol. The number of benzene rings is 1. The molecule has 23 heavy (non-hydrogen) atoms. The predicted molar refractivity (Wildman–Crippen MR) is 86.8 cm³/mol. The summed E-state index contributed by atoms with van der Waals surface area (Å²) in [6, 6.07) is 5.69. The van der Waals surface area contributed by atoms with Crippen molar-refractivity contribution in [1.82, 2.24) is 19.6 Å². The van der Waals surface area contributed by atoms with Gasteiger partial charge in [0.25, 0.3) is 5.91 Å². The van der Waals surface area contributed by atoms with Gasteiger partial charge in [0.1, 0.15) is 0 Å². The number of rotatable bonds is 4. The molecule has 0 fully saturated rings. The number of aliphatic hydroxyl groups is 1. The van der Waals surface area contributed by atoms with E-state index in [0.29, 0.717) is 5.39 Å². The van der Waals surface area contributed by atoms with Crippen molar-refractivity contribution < 1.29 is 9.90 Å². The first-order valence-electron chi connectivity index (χ1n) is 7.26. The molecule has 0 atom stereocenters. The Kier molecular flexibility index (Phi) is 3.45. The summed E-state index contributed by atoms with van der Waals surface area (Å²) in [5, 5.41) is 19.1. The first kappa shape index (κ1) is 15.2. The van der Waals surface area contributed by atoms with Gasteiger partial charge in [0.2, 0.25) is 0 Å². The van der Waals surface area contributed by atoms with Crippen LogP contribution in [-0.4, -0.2) is 36.2 Å². The Morgan fingerprint density at radius 3 is 2.65 bits per heavy atom. The topological polar surface area (TPSA) is 99.0 Å². The maximum Gasteiger partial charge on any atom is 0.269 e. The van der Waals surface area contributed by atoms with Crippen LogP contribution in [0.2, 0.25) is 0 Å². The van der Waals surface area contributed by atoms with Crippen molar-refractivity contribution in [2.75, 3.05) is 0 Å². The van der Waals surface area contributed by atoms with E-state index in [2.05, 4.69) is 10.2 Å². The molecule has 0 unspecified atom stereocenters. The van der Waals surface area contributed by atoms with E-state index in [0.717, 1.165) is 16.6 Å². The molecule has 0 saturated carbocycles. The maximum absolute atomic E-state index is 11.7. The highest BCUT2D eigenvalue weighted by molar-refractivity contribution is 6.05. The fourth-order valence-electron chi connectivity index (χ4n) is 2.60. The van der Waals surface area contributed by atoms with Gasteiger partial charge in [0.15, 0.2) is 5.69 Å². The van der Waals surface area contributed by atoms with Gasteiger partial charge < -0.3 is 10.8 Å². The Morgan fingerprint density at radius 2 is 2.09 bits per heavy atom. The third-order valence-corrected chi connectivity index (χ3v) is 3.56. The van der Waals surface area contributed by atoms with Crippen molar-refractivity contribution in [2.24, 2.45) is 12.8 Å². The molecule has 7 heteroatoms. The SMILES string of the molecule is Cn1cc(-c2ccc3c(c2)c(C(N)=O)nn3CC(C)(C)O)cn1. The summed E-state index contributed by atoms with van der Waals surface area (Å²) in [6.07, 6.45) is 3.65. The summed E-state index contributed by atoms with van der Waals surface area (Å²) in [5.41, 5.74) is 7.34. The molecule has 0 aliphatic rings. The van der Waals surface area contributed by atoms with E-state index in [1.807, 2.05) is 31.4 Å². The normalized spacial score (nSPS) is 12.0. The minimum absolute atomic E-state index is 0.204. The Hall–Kier alpha value is -2.67. The Labute approximate surface area is 133 Å². The minimum Gasteiger partial charge on any atom is -0.389 e. The quantitative estimate of drug-likeness (QED) is 0.758. The van der Waals surface area contributed by atoms with Gasteiger partial charge in [-0.1, -0.05) is 6.07 Å². The summed E-state index contributed by atoms with van der Waals surface area (Å²) in [6.45, 7) is 3.64. The molecule has 0 aliphatic heterocycles. The van der Waals surface area contributed by atoms with Crippen LogP contribution in [0.1, 0.15) is 24.3 Å². The lowest BCUT2D eigenvalue weighted by Gasteiger charge is -2.17. The molecular formula is C16H19N5O2. The zero-order chi connectivity index (χ0) is 16.8. The van der Waals surface area contributed by atoms with E-state index in [9.17, 15) is 9.90 Å². The van der Waals surface area contributed by atoms with E-state index in [4.69, 9.17) is 5.73 Å². The molecule has 0 spiro atoms. The Morgan fingerprint density at radius 1 is 1.35 bits per heavy atom. The number of carbonyl (C=O) groups is 1.